The molecule has 0 spiro atoms. The normalized spacial score (nSPS) is 21.0. The topological polar surface area (TPSA) is 37.8 Å². The average Bonchev–Trinajstić information content (AvgIpc) is 2.88. The highest BCUT2D eigenvalue weighted by atomic mass is 32.1. The Balaban J connectivity index is 1.72. The molecule has 106 valence electrons. The van der Waals surface area contributed by atoms with E-state index in [4.69, 9.17) is 0 Å². The molecule has 0 aromatic carbocycles. The summed E-state index contributed by atoms with van der Waals surface area (Å²) in [7, 11) is 0. The first-order valence-corrected chi connectivity index (χ1v) is 8.78. The summed E-state index contributed by atoms with van der Waals surface area (Å²) >= 11 is 1.78. The number of nitrogens with one attached hydrogen (secondary N) is 1. The minimum Gasteiger partial charge on any atom is -0.367 e. The molecule has 2 heterocycles. The van der Waals surface area contributed by atoms with Crippen molar-refractivity contribution in [2.45, 2.75) is 63.3 Å². The highest BCUT2D eigenvalue weighted by Gasteiger charge is 2.24. The second-order valence-electron chi connectivity index (χ2n) is 6.20. The quantitative estimate of drug-likeness (QED) is 0.889. The number of fused-ring (bicyclic) bond motifs is 1. The Morgan fingerprint density at radius 2 is 1.85 bits per heavy atom. The Hall–Kier alpha value is -1.16. The number of thiophene rings is 1. The van der Waals surface area contributed by atoms with E-state index in [9.17, 15) is 0 Å². The molecule has 0 saturated heterocycles. The molecular weight excluding hydrogens is 266 g/mol. The van der Waals surface area contributed by atoms with Gasteiger partial charge in [0.05, 0.1) is 5.39 Å². The third-order valence-electron chi connectivity index (χ3n) is 4.89. The first-order chi connectivity index (χ1) is 9.92. The highest BCUT2D eigenvalue weighted by Crippen LogP contribution is 2.41. The minimum atomic E-state index is 0.632. The summed E-state index contributed by atoms with van der Waals surface area (Å²) in [5.41, 5.74) is 1.51. The van der Waals surface area contributed by atoms with Crippen LogP contribution in [0.3, 0.4) is 0 Å². The zero-order valence-electron chi connectivity index (χ0n) is 11.8. The Morgan fingerprint density at radius 3 is 2.60 bits per heavy atom. The summed E-state index contributed by atoms with van der Waals surface area (Å²) < 4.78 is 0. The van der Waals surface area contributed by atoms with E-state index in [1.54, 1.807) is 17.7 Å². The van der Waals surface area contributed by atoms with Crippen molar-refractivity contribution in [1.82, 2.24) is 9.97 Å². The Labute approximate surface area is 123 Å². The van der Waals surface area contributed by atoms with E-state index in [-0.39, 0.29) is 0 Å². The zero-order valence-corrected chi connectivity index (χ0v) is 12.6. The molecule has 0 aliphatic heterocycles. The molecule has 2 aromatic rings. The van der Waals surface area contributed by atoms with Crippen molar-refractivity contribution in [3.8, 4) is 0 Å². The van der Waals surface area contributed by atoms with Crippen LogP contribution < -0.4 is 5.32 Å². The molecule has 4 heteroatoms. The Morgan fingerprint density at radius 1 is 1.00 bits per heavy atom. The van der Waals surface area contributed by atoms with Gasteiger partial charge in [-0.15, -0.1) is 11.3 Å². The summed E-state index contributed by atoms with van der Waals surface area (Å²) in [6.07, 6.45) is 12.5. The van der Waals surface area contributed by atoms with Crippen LogP contribution in [0.15, 0.2) is 11.7 Å². The molecule has 0 bridgehead atoms. The SMILES string of the molecule is c1nc(NC2CCC2)c2c(C3CCCCC3)csc2n1. The van der Waals surface area contributed by atoms with Crippen LogP contribution in [-0.4, -0.2) is 16.0 Å². The third kappa shape index (κ3) is 2.20. The van der Waals surface area contributed by atoms with E-state index >= 15 is 0 Å². The van der Waals surface area contributed by atoms with Gasteiger partial charge in [-0.2, -0.15) is 0 Å². The molecular formula is C16H21N3S. The van der Waals surface area contributed by atoms with E-state index in [2.05, 4.69) is 20.7 Å². The standard InChI is InChI=1S/C16H21N3S/c1-2-5-11(6-3-1)13-9-20-16-14(13)15(17-10-18-16)19-12-7-4-8-12/h9-12H,1-8H2,(H,17,18,19). The lowest BCUT2D eigenvalue weighted by molar-refractivity contribution is 0.443. The highest BCUT2D eigenvalue weighted by molar-refractivity contribution is 7.17. The van der Waals surface area contributed by atoms with Gasteiger partial charge in [0.2, 0.25) is 0 Å². The molecule has 2 aromatic heterocycles. The van der Waals surface area contributed by atoms with Crippen molar-refractivity contribution >= 4 is 27.4 Å². The summed E-state index contributed by atoms with van der Waals surface area (Å²) in [5, 5.41) is 7.29. The van der Waals surface area contributed by atoms with Gasteiger partial charge in [-0.1, -0.05) is 19.3 Å². The van der Waals surface area contributed by atoms with Crippen LogP contribution in [0.1, 0.15) is 62.8 Å². The molecule has 2 aliphatic rings. The van der Waals surface area contributed by atoms with E-state index in [1.165, 1.54) is 62.3 Å². The monoisotopic (exact) mass is 287 g/mol. The fourth-order valence-corrected chi connectivity index (χ4v) is 4.46. The molecule has 2 saturated carbocycles. The lowest BCUT2D eigenvalue weighted by Gasteiger charge is -2.28. The van der Waals surface area contributed by atoms with Gasteiger partial charge in [0.15, 0.2) is 0 Å². The van der Waals surface area contributed by atoms with Gasteiger partial charge in [-0.05, 0) is 49.0 Å². The average molecular weight is 287 g/mol. The van der Waals surface area contributed by atoms with Crippen molar-refractivity contribution in [2.75, 3.05) is 5.32 Å². The molecule has 1 N–H and O–H groups in total. The summed E-state index contributed by atoms with van der Waals surface area (Å²) in [4.78, 5) is 10.2. The van der Waals surface area contributed by atoms with Crippen molar-refractivity contribution in [1.29, 1.82) is 0 Å². The molecule has 2 fully saturated rings. The van der Waals surface area contributed by atoms with Gasteiger partial charge in [-0.25, -0.2) is 9.97 Å². The second kappa shape index (κ2) is 5.32. The van der Waals surface area contributed by atoms with Crippen molar-refractivity contribution in [2.24, 2.45) is 0 Å². The lowest BCUT2D eigenvalue weighted by Crippen LogP contribution is -2.27. The van der Waals surface area contributed by atoms with Crippen LogP contribution in [0, 0.1) is 0 Å². The maximum Gasteiger partial charge on any atom is 0.138 e. The van der Waals surface area contributed by atoms with Crippen LogP contribution in [0.2, 0.25) is 0 Å². The largest absolute Gasteiger partial charge is 0.367 e. The predicted octanol–water partition coefficient (Wildman–Crippen LogP) is 4.70. The van der Waals surface area contributed by atoms with Gasteiger partial charge in [0, 0.05) is 6.04 Å². The van der Waals surface area contributed by atoms with E-state index in [0.29, 0.717) is 6.04 Å². The number of rotatable bonds is 3. The molecule has 0 radical (unpaired) electrons. The summed E-state index contributed by atoms with van der Waals surface area (Å²) in [5.74, 6) is 1.81. The van der Waals surface area contributed by atoms with Crippen LogP contribution in [0.5, 0.6) is 0 Å². The summed E-state index contributed by atoms with van der Waals surface area (Å²) in [6.45, 7) is 0. The second-order valence-corrected chi connectivity index (χ2v) is 7.06. The molecule has 2 aliphatic carbocycles. The van der Waals surface area contributed by atoms with E-state index < -0.39 is 0 Å². The van der Waals surface area contributed by atoms with Crippen molar-refractivity contribution < 1.29 is 0 Å². The maximum atomic E-state index is 4.54. The molecule has 0 atom stereocenters. The fraction of sp³-hybridized carbons (Fsp3) is 0.625. The summed E-state index contributed by atoms with van der Waals surface area (Å²) in [6, 6.07) is 0.632. The maximum absolute atomic E-state index is 4.54. The number of hydrogen-bond donors (Lipinski definition) is 1. The third-order valence-corrected chi connectivity index (χ3v) is 5.79. The first kappa shape index (κ1) is 12.6. The Bertz CT molecular complexity index is 597. The van der Waals surface area contributed by atoms with Crippen LogP contribution in [-0.2, 0) is 0 Å². The first-order valence-electron chi connectivity index (χ1n) is 7.90. The van der Waals surface area contributed by atoms with Crippen LogP contribution in [0.4, 0.5) is 5.82 Å². The van der Waals surface area contributed by atoms with Gasteiger partial charge < -0.3 is 5.32 Å². The van der Waals surface area contributed by atoms with E-state index in [0.717, 1.165) is 16.6 Å². The number of hydrogen-bond acceptors (Lipinski definition) is 4. The predicted molar refractivity (Wildman–Crippen MR) is 84.5 cm³/mol. The molecule has 0 amide bonds. The molecule has 4 rings (SSSR count). The van der Waals surface area contributed by atoms with Gasteiger partial charge in [-0.3, -0.25) is 0 Å². The van der Waals surface area contributed by atoms with Gasteiger partial charge in [0.25, 0.3) is 0 Å². The van der Waals surface area contributed by atoms with Crippen molar-refractivity contribution in [3.05, 3.63) is 17.3 Å². The van der Waals surface area contributed by atoms with Crippen molar-refractivity contribution in [3.63, 3.8) is 0 Å². The smallest absolute Gasteiger partial charge is 0.138 e. The molecule has 0 unspecified atom stereocenters. The van der Waals surface area contributed by atoms with Crippen LogP contribution in [0.25, 0.3) is 10.2 Å². The fourth-order valence-electron chi connectivity index (χ4n) is 3.47. The molecule has 20 heavy (non-hydrogen) atoms. The number of anilines is 1. The van der Waals surface area contributed by atoms with Crippen LogP contribution >= 0.6 is 11.3 Å². The number of aromatic nitrogens is 2. The zero-order chi connectivity index (χ0) is 13.4. The lowest BCUT2D eigenvalue weighted by atomic mass is 9.84. The minimum absolute atomic E-state index is 0.632. The van der Waals surface area contributed by atoms with Gasteiger partial charge >= 0.3 is 0 Å². The number of nitrogens with zero attached hydrogens (tertiary/aromatic N) is 2. The Kier molecular flexibility index (Phi) is 3.34. The molecule has 3 nitrogen and oxygen atoms in total. The van der Waals surface area contributed by atoms with Gasteiger partial charge in [0.1, 0.15) is 17.0 Å². The van der Waals surface area contributed by atoms with E-state index in [1.807, 2.05) is 0 Å².